The predicted octanol–water partition coefficient (Wildman–Crippen LogP) is 3.03. The summed E-state index contributed by atoms with van der Waals surface area (Å²) in [5.74, 6) is 0.850. The first kappa shape index (κ1) is 12.9. The molecule has 18 heavy (non-hydrogen) atoms. The van der Waals surface area contributed by atoms with Gasteiger partial charge in [-0.3, -0.25) is 0 Å². The Hall–Kier alpha value is -1.58. The van der Waals surface area contributed by atoms with Crippen molar-refractivity contribution in [1.29, 1.82) is 0 Å². The molecule has 0 radical (unpaired) electrons. The van der Waals surface area contributed by atoms with Crippen LogP contribution in [0.1, 0.15) is 11.1 Å². The van der Waals surface area contributed by atoms with E-state index >= 15 is 0 Å². The maximum absolute atomic E-state index is 5.81. The molecule has 0 bridgehead atoms. The summed E-state index contributed by atoms with van der Waals surface area (Å²) >= 11 is 5.81. The lowest BCUT2D eigenvalue weighted by atomic mass is 10.2. The fraction of sp³-hybridized carbons (Fsp3) is 0.214. The van der Waals surface area contributed by atoms with Crippen molar-refractivity contribution in [3.05, 3.63) is 58.9 Å². The van der Waals surface area contributed by atoms with Crippen LogP contribution in [0.2, 0.25) is 5.15 Å². The Morgan fingerprint density at radius 1 is 1.17 bits per heavy atom. The second kappa shape index (κ2) is 6.38. The van der Waals surface area contributed by atoms with E-state index in [4.69, 9.17) is 16.3 Å². The van der Waals surface area contributed by atoms with Crippen LogP contribution >= 0.6 is 11.6 Å². The standard InChI is InChI=1S/C14H15ClN2O/c1-16-9-11-2-4-13(5-3-11)18-10-12-6-7-17-14(15)8-12/h2-8,16H,9-10H2,1H3. The van der Waals surface area contributed by atoms with Crippen molar-refractivity contribution in [1.82, 2.24) is 10.3 Å². The maximum atomic E-state index is 5.81. The van der Waals surface area contributed by atoms with Gasteiger partial charge in [0.05, 0.1) is 0 Å². The molecule has 2 rings (SSSR count). The number of nitrogens with zero attached hydrogens (tertiary/aromatic N) is 1. The summed E-state index contributed by atoms with van der Waals surface area (Å²) in [5, 5.41) is 3.59. The van der Waals surface area contributed by atoms with Gasteiger partial charge in [0.25, 0.3) is 0 Å². The van der Waals surface area contributed by atoms with Crippen LogP contribution in [0.15, 0.2) is 42.6 Å². The van der Waals surface area contributed by atoms with Crippen LogP contribution in [0.25, 0.3) is 0 Å². The molecule has 0 spiro atoms. The van der Waals surface area contributed by atoms with Crippen molar-refractivity contribution >= 4 is 11.6 Å². The number of halogens is 1. The molecule has 1 aromatic heterocycles. The van der Waals surface area contributed by atoms with Gasteiger partial charge in [-0.05, 0) is 42.4 Å². The third-order valence-electron chi connectivity index (χ3n) is 2.50. The summed E-state index contributed by atoms with van der Waals surface area (Å²) in [6.07, 6.45) is 1.68. The summed E-state index contributed by atoms with van der Waals surface area (Å²) in [5.41, 5.74) is 2.24. The van der Waals surface area contributed by atoms with Gasteiger partial charge in [-0.2, -0.15) is 0 Å². The number of hydrogen-bond donors (Lipinski definition) is 1. The average molecular weight is 263 g/mol. The Labute approximate surface area is 112 Å². The van der Waals surface area contributed by atoms with E-state index < -0.39 is 0 Å². The highest BCUT2D eigenvalue weighted by Gasteiger charge is 1.98. The number of nitrogens with one attached hydrogen (secondary N) is 1. The third-order valence-corrected chi connectivity index (χ3v) is 2.71. The van der Waals surface area contributed by atoms with Crippen LogP contribution in [0.5, 0.6) is 5.75 Å². The van der Waals surface area contributed by atoms with Crippen molar-refractivity contribution in [3.8, 4) is 5.75 Å². The van der Waals surface area contributed by atoms with Gasteiger partial charge in [0, 0.05) is 12.7 Å². The smallest absolute Gasteiger partial charge is 0.129 e. The molecule has 0 fully saturated rings. The van der Waals surface area contributed by atoms with E-state index in [9.17, 15) is 0 Å². The lowest BCUT2D eigenvalue weighted by Gasteiger charge is -2.07. The van der Waals surface area contributed by atoms with E-state index in [1.165, 1.54) is 5.56 Å². The normalized spacial score (nSPS) is 10.3. The molecule has 0 amide bonds. The Kier molecular flexibility index (Phi) is 4.56. The zero-order chi connectivity index (χ0) is 12.8. The number of ether oxygens (including phenoxy) is 1. The van der Waals surface area contributed by atoms with Crippen molar-refractivity contribution in [2.45, 2.75) is 13.2 Å². The van der Waals surface area contributed by atoms with Gasteiger partial charge in [0.1, 0.15) is 17.5 Å². The van der Waals surface area contributed by atoms with Crippen LogP contribution in [0, 0.1) is 0 Å². The first-order chi connectivity index (χ1) is 8.78. The van der Waals surface area contributed by atoms with Gasteiger partial charge in [-0.25, -0.2) is 4.98 Å². The predicted molar refractivity (Wildman–Crippen MR) is 72.8 cm³/mol. The molecule has 1 heterocycles. The lowest BCUT2D eigenvalue weighted by Crippen LogP contribution is -2.04. The average Bonchev–Trinajstić information content (AvgIpc) is 2.38. The van der Waals surface area contributed by atoms with Crippen molar-refractivity contribution in [2.75, 3.05) is 7.05 Å². The van der Waals surface area contributed by atoms with Gasteiger partial charge >= 0.3 is 0 Å². The molecule has 94 valence electrons. The van der Waals surface area contributed by atoms with Crippen LogP contribution in [0.4, 0.5) is 0 Å². The highest BCUT2D eigenvalue weighted by Crippen LogP contribution is 2.15. The number of hydrogen-bond acceptors (Lipinski definition) is 3. The number of benzene rings is 1. The summed E-state index contributed by atoms with van der Waals surface area (Å²) in [4.78, 5) is 3.93. The Morgan fingerprint density at radius 3 is 2.61 bits per heavy atom. The quantitative estimate of drug-likeness (QED) is 0.841. The molecule has 0 saturated carbocycles. The molecule has 4 heteroatoms. The second-order valence-electron chi connectivity index (χ2n) is 3.95. The summed E-state index contributed by atoms with van der Waals surface area (Å²) in [6.45, 7) is 1.36. The van der Waals surface area contributed by atoms with E-state index in [1.807, 2.05) is 37.4 Å². The molecule has 0 aliphatic rings. The molecule has 0 aliphatic heterocycles. The molecule has 3 nitrogen and oxygen atoms in total. The molecular formula is C14H15ClN2O. The van der Waals surface area contributed by atoms with E-state index in [0.717, 1.165) is 17.9 Å². The van der Waals surface area contributed by atoms with E-state index in [-0.39, 0.29) is 0 Å². The van der Waals surface area contributed by atoms with Crippen LogP contribution in [0.3, 0.4) is 0 Å². The molecule has 0 aliphatic carbocycles. The van der Waals surface area contributed by atoms with Crippen molar-refractivity contribution in [3.63, 3.8) is 0 Å². The fourth-order valence-electron chi connectivity index (χ4n) is 1.61. The molecule has 0 saturated heterocycles. The Morgan fingerprint density at radius 2 is 1.94 bits per heavy atom. The number of aromatic nitrogens is 1. The van der Waals surface area contributed by atoms with E-state index in [0.29, 0.717) is 11.8 Å². The maximum Gasteiger partial charge on any atom is 0.129 e. The second-order valence-corrected chi connectivity index (χ2v) is 4.34. The van der Waals surface area contributed by atoms with Gasteiger partial charge in [-0.15, -0.1) is 0 Å². The highest BCUT2D eigenvalue weighted by atomic mass is 35.5. The molecule has 1 aromatic carbocycles. The van der Waals surface area contributed by atoms with Gasteiger partial charge in [0.2, 0.25) is 0 Å². The molecule has 2 aromatic rings. The Balaban J connectivity index is 1.93. The zero-order valence-electron chi connectivity index (χ0n) is 10.2. The zero-order valence-corrected chi connectivity index (χ0v) is 10.9. The number of rotatable bonds is 5. The van der Waals surface area contributed by atoms with Gasteiger partial charge in [-0.1, -0.05) is 23.7 Å². The molecule has 0 atom stereocenters. The summed E-state index contributed by atoms with van der Waals surface area (Å²) in [7, 11) is 1.93. The minimum absolute atomic E-state index is 0.487. The fourth-order valence-corrected chi connectivity index (χ4v) is 1.80. The lowest BCUT2D eigenvalue weighted by molar-refractivity contribution is 0.306. The number of pyridine rings is 1. The van der Waals surface area contributed by atoms with Crippen LogP contribution in [-0.2, 0) is 13.2 Å². The van der Waals surface area contributed by atoms with E-state index in [2.05, 4.69) is 10.3 Å². The first-order valence-electron chi connectivity index (χ1n) is 5.74. The van der Waals surface area contributed by atoms with Crippen LogP contribution < -0.4 is 10.1 Å². The van der Waals surface area contributed by atoms with Crippen molar-refractivity contribution in [2.24, 2.45) is 0 Å². The minimum Gasteiger partial charge on any atom is -0.489 e. The highest BCUT2D eigenvalue weighted by molar-refractivity contribution is 6.29. The molecular weight excluding hydrogens is 248 g/mol. The van der Waals surface area contributed by atoms with Gasteiger partial charge < -0.3 is 10.1 Å². The minimum atomic E-state index is 0.487. The first-order valence-corrected chi connectivity index (χ1v) is 6.12. The third kappa shape index (κ3) is 3.72. The summed E-state index contributed by atoms with van der Waals surface area (Å²) < 4.78 is 5.67. The SMILES string of the molecule is CNCc1ccc(OCc2ccnc(Cl)c2)cc1. The molecule has 1 N–H and O–H groups in total. The topological polar surface area (TPSA) is 34.1 Å². The van der Waals surface area contributed by atoms with Gasteiger partial charge in [0.15, 0.2) is 0 Å². The van der Waals surface area contributed by atoms with Crippen LogP contribution in [-0.4, -0.2) is 12.0 Å². The summed E-state index contributed by atoms with van der Waals surface area (Å²) in [6, 6.07) is 11.7. The molecule has 0 unspecified atom stereocenters. The van der Waals surface area contributed by atoms with E-state index in [1.54, 1.807) is 12.3 Å². The monoisotopic (exact) mass is 262 g/mol. The Bertz CT molecular complexity index is 499. The largest absolute Gasteiger partial charge is 0.489 e. The van der Waals surface area contributed by atoms with Crippen molar-refractivity contribution < 1.29 is 4.74 Å².